The average molecular weight is 397 g/mol. The van der Waals surface area contributed by atoms with Gasteiger partial charge in [0.25, 0.3) is 11.8 Å². The molecule has 1 aromatic heterocycles. The number of hydrogen-bond acceptors (Lipinski definition) is 5. The van der Waals surface area contributed by atoms with E-state index in [4.69, 9.17) is 4.42 Å². The van der Waals surface area contributed by atoms with Crippen LogP contribution in [-0.2, 0) is 9.59 Å². The molecule has 1 aliphatic heterocycles. The number of urea groups is 1. The lowest BCUT2D eigenvalue weighted by Crippen LogP contribution is -2.54. The fraction of sp³-hybridized carbons (Fsp3) is 0.0435. The highest BCUT2D eigenvalue weighted by Crippen LogP contribution is 2.28. The van der Waals surface area contributed by atoms with Gasteiger partial charge in [-0.05, 0) is 48.9 Å². The van der Waals surface area contributed by atoms with Crippen molar-refractivity contribution in [3.8, 4) is 17.4 Å². The summed E-state index contributed by atoms with van der Waals surface area (Å²) in [5.41, 5.74) is 1.91. The third-order valence-electron chi connectivity index (χ3n) is 4.68. The number of benzene rings is 2. The molecule has 1 saturated heterocycles. The Bertz CT molecular complexity index is 1260. The van der Waals surface area contributed by atoms with E-state index in [2.05, 4.69) is 11.4 Å². The normalized spacial score (nSPS) is 15.3. The number of para-hydroxylation sites is 1. The molecular formula is C23H15N3O4. The molecule has 1 aliphatic rings. The number of carbonyl (C=O) groups excluding carboxylic acids is 3. The van der Waals surface area contributed by atoms with Crippen LogP contribution in [0.1, 0.15) is 16.9 Å². The zero-order valence-corrected chi connectivity index (χ0v) is 15.9. The van der Waals surface area contributed by atoms with Gasteiger partial charge >= 0.3 is 6.03 Å². The minimum absolute atomic E-state index is 0.229. The summed E-state index contributed by atoms with van der Waals surface area (Å²) in [6.45, 7) is 1.77. The van der Waals surface area contributed by atoms with Crippen LogP contribution in [0.25, 0.3) is 17.4 Å². The number of barbiturate groups is 1. The van der Waals surface area contributed by atoms with Gasteiger partial charge in [0.15, 0.2) is 0 Å². The molecule has 4 amide bonds. The maximum absolute atomic E-state index is 13.0. The molecule has 0 bridgehead atoms. The Morgan fingerprint density at radius 1 is 1.00 bits per heavy atom. The highest BCUT2D eigenvalue weighted by atomic mass is 16.3. The zero-order chi connectivity index (χ0) is 21.3. The molecule has 0 radical (unpaired) electrons. The zero-order valence-electron chi connectivity index (χ0n) is 15.9. The van der Waals surface area contributed by atoms with Crippen LogP contribution in [0, 0.1) is 18.3 Å². The molecule has 0 spiro atoms. The quantitative estimate of drug-likeness (QED) is 0.535. The summed E-state index contributed by atoms with van der Waals surface area (Å²) in [4.78, 5) is 38.5. The lowest BCUT2D eigenvalue weighted by Gasteiger charge is -2.27. The number of nitrogens with zero attached hydrogens (tertiary/aromatic N) is 2. The van der Waals surface area contributed by atoms with E-state index in [1.165, 1.54) is 6.08 Å². The molecule has 1 N–H and O–H groups in total. The first-order valence-electron chi connectivity index (χ1n) is 9.06. The van der Waals surface area contributed by atoms with Gasteiger partial charge in [0.05, 0.1) is 17.3 Å². The second kappa shape index (κ2) is 7.53. The Labute approximate surface area is 171 Å². The lowest BCUT2D eigenvalue weighted by atomic mass is 10.1. The Kier molecular flexibility index (Phi) is 4.74. The van der Waals surface area contributed by atoms with E-state index in [-0.39, 0.29) is 11.3 Å². The molecule has 146 valence electrons. The van der Waals surface area contributed by atoms with Crippen LogP contribution in [0.15, 0.2) is 70.7 Å². The third kappa shape index (κ3) is 3.27. The predicted octanol–water partition coefficient (Wildman–Crippen LogP) is 3.79. The molecule has 0 saturated carbocycles. The van der Waals surface area contributed by atoms with E-state index >= 15 is 0 Å². The summed E-state index contributed by atoms with van der Waals surface area (Å²) in [5, 5.41) is 11.4. The minimum Gasteiger partial charge on any atom is -0.457 e. The molecule has 30 heavy (non-hydrogen) atoms. The van der Waals surface area contributed by atoms with E-state index in [1.807, 2.05) is 0 Å². The second-order valence-electron chi connectivity index (χ2n) is 6.60. The molecule has 2 aromatic carbocycles. The lowest BCUT2D eigenvalue weighted by molar-refractivity contribution is -0.122. The summed E-state index contributed by atoms with van der Waals surface area (Å²) in [6.07, 6.45) is 1.29. The molecular weight excluding hydrogens is 382 g/mol. The second-order valence-corrected chi connectivity index (χ2v) is 6.60. The van der Waals surface area contributed by atoms with Gasteiger partial charge in [0.1, 0.15) is 17.1 Å². The maximum Gasteiger partial charge on any atom is 0.335 e. The van der Waals surface area contributed by atoms with Gasteiger partial charge < -0.3 is 4.42 Å². The van der Waals surface area contributed by atoms with Crippen molar-refractivity contribution in [2.75, 3.05) is 4.90 Å². The van der Waals surface area contributed by atoms with Crippen molar-refractivity contribution in [1.29, 1.82) is 5.26 Å². The van der Waals surface area contributed by atoms with E-state index in [1.54, 1.807) is 67.6 Å². The Morgan fingerprint density at radius 2 is 1.73 bits per heavy atom. The van der Waals surface area contributed by atoms with Crippen LogP contribution in [0.5, 0.6) is 0 Å². The van der Waals surface area contributed by atoms with E-state index in [9.17, 15) is 19.6 Å². The molecule has 4 rings (SSSR count). The molecule has 7 nitrogen and oxygen atoms in total. The summed E-state index contributed by atoms with van der Waals surface area (Å²) < 4.78 is 5.74. The average Bonchev–Trinajstić information content (AvgIpc) is 3.21. The highest BCUT2D eigenvalue weighted by Gasteiger charge is 2.37. The van der Waals surface area contributed by atoms with Crippen LogP contribution < -0.4 is 10.2 Å². The van der Waals surface area contributed by atoms with Crippen molar-refractivity contribution in [3.05, 3.63) is 83.1 Å². The van der Waals surface area contributed by atoms with Crippen molar-refractivity contribution >= 4 is 29.6 Å². The highest BCUT2D eigenvalue weighted by molar-refractivity contribution is 6.39. The van der Waals surface area contributed by atoms with Crippen molar-refractivity contribution in [1.82, 2.24) is 5.32 Å². The summed E-state index contributed by atoms with van der Waals surface area (Å²) in [6, 6.07) is 18.3. The minimum atomic E-state index is -0.806. The number of nitrogens with one attached hydrogen (secondary N) is 1. The topological polar surface area (TPSA) is 103 Å². The molecule has 1 fully saturated rings. The number of nitriles is 1. The number of hydrogen-bond donors (Lipinski definition) is 1. The van der Waals surface area contributed by atoms with Gasteiger partial charge in [-0.25, -0.2) is 9.69 Å². The summed E-state index contributed by atoms with van der Waals surface area (Å²) >= 11 is 0. The molecule has 2 heterocycles. The van der Waals surface area contributed by atoms with Crippen LogP contribution in [0.3, 0.4) is 0 Å². The first kappa shape index (κ1) is 18.9. The van der Waals surface area contributed by atoms with Crippen LogP contribution >= 0.6 is 0 Å². The fourth-order valence-electron chi connectivity index (χ4n) is 3.20. The van der Waals surface area contributed by atoms with Gasteiger partial charge in [-0.15, -0.1) is 0 Å². The van der Waals surface area contributed by atoms with Crippen molar-refractivity contribution in [2.24, 2.45) is 0 Å². The van der Waals surface area contributed by atoms with Crippen LogP contribution in [0.4, 0.5) is 10.5 Å². The maximum atomic E-state index is 13.0. The smallest absolute Gasteiger partial charge is 0.335 e. The summed E-state index contributed by atoms with van der Waals surface area (Å²) in [5.74, 6) is -0.872. The SMILES string of the molecule is Cc1ccccc1N1C(=O)NC(=O)/C(=C\c2ccc(-c3ccccc3C#N)o2)C1=O. The Hall–Kier alpha value is -4.44. The Morgan fingerprint density at radius 3 is 2.50 bits per heavy atom. The predicted molar refractivity (Wildman–Crippen MR) is 109 cm³/mol. The van der Waals surface area contributed by atoms with Gasteiger partial charge in [0, 0.05) is 5.56 Å². The molecule has 0 atom stereocenters. The first-order valence-corrected chi connectivity index (χ1v) is 9.06. The number of imide groups is 2. The van der Waals surface area contributed by atoms with Gasteiger partial charge in [-0.3, -0.25) is 14.9 Å². The standard InChI is InChI=1S/C23H15N3O4/c1-14-6-2-5-9-19(14)26-22(28)18(21(27)25-23(26)29)12-16-10-11-20(30-16)17-8-4-3-7-15(17)13-24/h2-12H,1H3,(H,25,27,29)/b18-12+. The number of furan rings is 1. The fourth-order valence-corrected chi connectivity index (χ4v) is 3.20. The van der Waals surface area contributed by atoms with E-state index in [0.717, 1.165) is 4.90 Å². The van der Waals surface area contributed by atoms with Crippen molar-refractivity contribution in [2.45, 2.75) is 6.92 Å². The molecule has 0 aliphatic carbocycles. The summed E-state index contributed by atoms with van der Waals surface area (Å²) in [7, 11) is 0. The molecule has 3 aromatic rings. The number of aryl methyl sites for hydroxylation is 1. The third-order valence-corrected chi connectivity index (χ3v) is 4.68. The van der Waals surface area contributed by atoms with E-state index in [0.29, 0.717) is 28.1 Å². The monoisotopic (exact) mass is 397 g/mol. The van der Waals surface area contributed by atoms with Crippen molar-refractivity contribution < 1.29 is 18.8 Å². The Balaban J connectivity index is 1.71. The number of carbonyl (C=O) groups is 3. The van der Waals surface area contributed by atoms with Gasteiger partial charge in [-0.1, -0.05) is 30.3 Å². The molecule has 0 unspecified atom stereocenters. The first-order chi connectivity index (χ1) is 14.5. The molecule has 7 heteroatoms. The van der Waals surface area contributed by atoms with Crippen LogP contribution in [0.2, 0.25) is 0 Å². The van der Waals surface area contributed by atoms with E-state index < -0.39 is 17.8 Å². The number of amides is 4. The van der Waals surface area contributed by atoms with Crippen LogP contribution in [-0.4, -0.2) is 17.8 Å². The van der Waals surface area contributed by atoms with Crippen molar-refractivity contribution in [3.63, 3.8) is 0 Å². The van der Waals surface area contributed by atoms with Gasteiger partial charge in [-0.2, -0.15) is 5.26 Å². The number of anilines is 1. The largest absolute Gasteiger partial charge is 0.457 e. The number of rotatable bonds is 3. The van der Waals surface area contributed by atoms with Gasteiger partial charge in [0.2, 0.25) is 0 Å².